The molecule has 2 aromatic rings. The Balaban J connectivity index is 2.17. The van der Waals surface area contributed by atoms with Crippen LogP contribution in [0.3, 0.4) is 0 Å². The molecule has 2 N–H and O–H groups in total. The second-order valence-electron chi connectivity index (χ2n) is 5.10. The first-order valence-electron chi connectivity index (χ1n) is 6.63. The smallest absolute Gasteiger partial charge is 0.106 e. The number of hydrogen-bond donors (Lipinski definition) is 1. The maximum atomic E-state index is 5.86. The van der Waals surface area contributed by atoms with E-state index in [0.29, 0.717) is 4.99 Å². The molecule has 1 aromatic carbocycles. The number of aryl methyl sites for hydroxylation is 2. The molecule has 1 aromatic heterocycles. The van der Waals surface area contributed by atoms with Gasteiger partial charge in [0.2, 0.25) is 0 Å². The van der Waals surface area contributed by atoms with Crippen LogP contribution < -0.4 is 5.73 Å². The van der Waals surface area contributed by atoms with Crippen LogP contribution in [0, 0.1) is 6.92 Å². The summed E-state index contributed by atoms with van der Waals surface area (Å²) in [6.07, 6.45) is 6.53. The van der Waals surface area contributed by atoms with Crippen LogP contribution in [0.4, 0.5) is 0 Å². The molecular weight excluding hydrogens is 254 g/mol. The number of nitrogens with two attached hydrogens (primary N) is 1. The predicted molar refractivity (Wildman–Crippen MR) is 80.8 cm³/mol. The number of imidazole rings is 1. The Hall–Kier alpha value is -1.68. The van der Waals surface area contributed by atoms with Crippen molar-refractivity contribution in [1.29, 1.82) is 0 Å². The number of fused-ring (bicyclic) bond motifs is 1. The first kappa shape index (κ1) is 12.4. The third-order valence-electron chi connectivity index (χ3n) is 3.71. The second-order valence-corrected chi connectivity index (χ2v) is 5.54. The molecule has 0 radical (unpaired) electrons. The van der Waals surface area contributed by atoms with Gasteiger partial charge in [-0.3, -0.25) is 0 Å². The zero-order valence-electron chi connectivity index (χ0n) is 11.0. The van der Waals surface area contributed by atoms with Crippen molar-refractivity contribution in [1.82, 2.24) is 9.55 Å². The SMILES string of the molecule is Cc1ccc(-n2cnc3c2CCCC3)c(C(N)=S)c1. The summed E-state index contributed by atoms with van der Waals surface area (Å²) in [7, 11) is 0. The molecule has 0 atom stereocenters. The number of rotatable bonds is 2. The molecule has 0 spiro atoms. The van der Waals surface area contributed by atoms with Crippen molar-refractivity contribution < 1.29 is 0 Å². The van der Waals surface area contributed by atoms with E-state index < -0.39 is 0 Å². The molecule has 0 amide bonds. The van der Waals surface area contributed by atoms with E-state index in [-0.39, 0.29) is 0 Å². The molecule has 0 aliphatic heterocycles. The van der Waals surface area contributed by atoms with E-state index in [1.165, 1.54) is 29.8 Å². The van der Waals surface area contributed by atoms with Crippen molar-refractivity contribution in [2.75, 3.05) is 0 Å². The van der Waals surface area contributed by atoms with Crippen LogP contribution in [0.1, 0.15) is 35.4 Å². The van der Waals surface area contributed by atoms with E-state index in [2.05, 4.69) is 28.6 Å². The molecule has 4 heteroatoms. The minimum atomic E-state index is 0.442. The molecule has 19 heavy (non-hydrogen) atoms. The number of hydrogen-bond acceptors (Lipinski definition) is 2. The van der Waals surface area contributed by atoms with Gasteiger partial charge in [-0.25, -0.2) is 4.98 Å². The number of nitrogens with zero attached hydrogens (tertiary/aromatic N) is 2. The lowest BCUT2D eigenvalue weighted by atomic mass is 10.0. The van der Waals surface area contributed by atoms with E-state index in [0.717, 1.165) is 24.1 Å². The van der Waals surface area contributed by atoms with Crippen molar-refractivity contribution in [3.63, 3.8) is 0 Å². The molecule has 1 heterocycles. The van der Waals surface area contributed by atoms with Crippen LogP contribution in [-0.2, 0) is 12.8 Å². The average Bonchev–Trinajstić information content (AvgIpc) is 2.82. The average molecular weight is 271 g/mol. The van der Waals surface area contributed by atoms with Gasteiger partial charge in [0, 0.05) is 11.3 Å². The maximum absolute atomic E-state index is 5.86. The minimum Gasteiger partial charge on any atom is -0.389 e. The van der Waals surface area contributed by atoms with Gasteiger partial charge >= 0.3 is 0 Å². The predicted octanol–water partition coefficient (Wildman–Crippen LogP) is 2.69. The molecule has 0 fully saturated rings. The van der Waals surface area contributed by atoms with Crippen LogP contribution in [-0.4, -0.2) is 14.5 Å². The summed E-state index contributed by atoms with van der Waals surface area (Å²) >= 11 is 5.18. The van der Waals surface area contributed by atoms with Crippen molar-refractivity contribution in [3.05, 3.63) is 47.0 Å². The molecule has 0 saturated carbocycles. The highest BCUT2D eigenvalue weighted by molar-refractivity contribution is 7.80. The highest BCUT2D eigenvalue weighted by Crippen LogP contribution is 2.25. The Morgan fingerprint density at radius 2 is 2.11 bits per heavy atom. The fourth-order valence-electron chi connectivity index (χ4n) is 2.73. The van der Waals surface area contributed by atoms with Crippen LogP contribution >= 0.6 is 12.2 Å². The highest BCUT2D eigenvalue weighted by atomic mass is 32.1. The zero-order chi connectivity index (χ0) is 13.4. The minimum absolute atomic E-state index is 0.442. The molecule has 3 rings (SSSR count). The molecule has 0 unspecified atom stereocenters. The fourth-order valence-corrected chi connectivity index (χ4v) is 2.90. The third-order valence-corrected chi connectivity index (χ3v) is 3.93. The van der Waals surface area contributed by atoms with Gasteiger partial charge < -0.3 is 10.3 Å². The van der Waals surface area contributed by atoms with Gasteiger partial charge in [0.15, 0.2) is 0 Å². The molecule has 0 saturated heterocycles. The van der Waals surface area contributed by atoms with Gasteiger partial charge in [-0.2, -0.15) is 0 Å². The van der Waals surface area contributed by atoms with Gasteiger partial charge in [0.1, 0.15) is 4.99 Å². The Labute approximate surface area is 118 Å². The zero-order valence-corrected chi connectivity index (χ0v) is 11.8. The largest absolute Gasteiger partial charge is 0.389 e. The van der Waals surface area contributed by atoms with E-state index in [1.54, 1.807) is 0 Å². The second kappa shape index (κ2) is 4.78. The first-order chi connectivity index (χ1) is 9.16. The van der Waals surface area contributed by atoms with Crippen LogP contribution in [0.2, 0.25) is 0 Å². The topological polar surface area (TPSA) is 43.8 Å². The molecule has 1 aliphatic carbocycles. The van der Waals surface area contributed by atoms with Gasteiger partial charge in [0.05, 0.1) is 17.7 Å². The number of aromatic nitrogens is 2. The van der Waals surface area contributed by atoms with Gasteiger partial charge in [0.25, 0.3) is 0 Å². The van der Waals surface area contributed by atoms with E-state index in [1.807, 2.05) is 12.4 Å². The van der Waals surface area contributed by atoms with Crippen LogP contribution in [0.15, 0.2) is 24.5 Å². The fraction of sp³-hybridized carbons (Fsp3) is 0.333. The maximum Gasteiger partial charge on any atom is 0.106 e. The van der Waals surface area contributed by atoms with E-state index in [4.69, 9.17) is 18.0 Å². The Morgan fingerprint density at radius 1 is 1.32 bits per heavy atom. The standard InChI is InChI=1S/C15H17N3S/c1-10-6-7-13(11(8-10)15(16)19)18-9-17-12-4-2-3-5-14(12)18/h6-9H,2-5H2,1H3,(H2,16,19). The van der Waals surface area contributed by atoms with Crippen molar-refractivity contribution in [2.24, 2.45) is 5.73 Å². The molecule has 0 bridgehead atoms. The monoisotopic (exact) mass is 271 g/mol. The number of benzene rings is 1. The van der Waals surface area contributed by atoms with Gasteiger partial charge in [-0.15, -0.1) is 0 Å². The normalized spacial score (nSPS) is 14.2. The summed E-state index contributed by atoms with van der Waals surface area (Å²) in [4.78, 5) is 4.98. The summed E-state index contributed by atoms with van der Waals surface area (Å²) in [6, 6.07) is 6.22. The summed E-state index contributed by atoms with van der Waals surface area (Å²) < 4.78 is 2.16. The summed E-state index contributed by atoms with van der Waals surface area (Å²) in [6.45, 7) is 2.05. The Bertz CT molecular complexity index is 643. The summed E-state index contributed by atoms with van der Waals surface area (Å²) in [5.74, 6) is 0. The Morgan fingerprint density at radius 3 is 2.89 bits per heavy atom. The molecule has 3 nitrogen and oxygen atoms in total. The lowest BCUT2D eigenvalue weighted by Crippen LogP contribution is -2.15. The quantitative estimate of drug-likeness (QED) is 0.854. The Kier molecular flexibility index (Phi) is 3.11. The molecule has 98 valence electrons. The van der Waals surface area contributed by atoms with E-state index in [9.17, 15) is 0 Å². The number of thiocarbonyl (C=S) groups is 1. The van der Waals surface area contributed by atoms with Crippen molar-refractivity contribution >= 4 is 17.2 Å². The lowest BCUT2D eigenvalue weighted by Gasteiger charge is -2.16. The summed E-state index contributed by atoms with van der Waals surface area (Å²) in [5.41, 5.74) is 11.5. The van der Waals surface area contributed by atoms with Gasteiger partial charge in [-0.05, 0) is 44.7 Å². The van der Waals surface area contributed by atoms with Crippen LogP contribution in [0.25, 0.3) is 5.69 Å². The highest BCUT2D eigenvalue weighted by Gasteiger charge is 2.18. The third kappa shape index (κ3) is 2.16. The molecule has 1 aliphatic rings. The first-order valence-corrected chi connectivity index (χ1v) is 7.03. The summed E-state index contributed by atoms with van der Waals surface area (Å²) in [5, 5.41) is 0. The van der Waals surface area contributed by atoms with Crippen molar-refractivity contribution in [2.45, 2.75) is 32.6 Å². The van der Waals surface area contributed by atoms with Gasteiger partial charge in [-0.1, -0.05) is 23.8 Å². The van der Waals surface area contributed by atoms with E-state index >= 15 is 0 Å². The molecular formula is C15H17N3S. The lowest BCUT2D eigenvalue weighted by molar-refractivity contribution is 0.656. The van der Waals surface area contributed by atoms with Crippen molar-refractivity contribution in [3.8, 4) is 5.69 Å². The van der Waals surface area contributed by atoms with Crippen LogP contribution in [0.5, 0.6) is 0 Å².